The number of amides is 1. The summed E-state index contributed by atoms with van der Waals surface area (Å²) in [5, 5.41) is 0. The molecule has 0 unspecified atom stereocenters. The molecule has 6 nitrogen and oxygen atoms in total. The Bertz CT molecular complexity index is 779. The minimum atomic E-state index is -0.103. The van der Waals surface area contributed by atoms with Crippen LogP contribution in [0.1, 0.15) is 5.69 Å². The van der Waals surface area contributed by atoms with Crippen LogP contribution in [-0.2, 0) is 11.8 Å². The summed E-state index contributed by atoms with van der Waals surface area (Å²) < 4.78 is 12.8. The summed E-state index contributed by atoms with van der Waals surface area (Å²) in [6.45, 7) is 2.88. The fourth-order valence-electron chi connectivity index (χ4n) is 2.47. The first-order valence-electron chi connectivity index (χ1n) is 7.83. The molecular weight excluding hydrogens is 308 g/mol. The second-order valence-electron chi connectivity index (χ2n) is 5.87. The van der Waals surface area contributed by atoms with Gasteiger partial charge in [-0.3, -0.25) is 9.59 Å². The topological polar surface area (TPSA) is 60.8 Å². The molecule has 0 atom stereocenters. The van der Waals surface area contributed by atoms with Gasteiger partial charge in [0.1, 0.15) is 17.6 Å². The summed E-state index contributed by atoms with van der Waals surface area (Å²) in [4.78, 5) is 25.5. The highest BCUT2D eigenvalue weighted by Gasteiger charge is 2.32. The van der Waals surface area contributed by atoms with Gasteiger partial charge in [0.2, 0.25) is 0 Å². The molecule has 0 N–H and O–H groups in total. The maximum Gasteiger partial charge on any atom is 0.260 e. The van der Waals surface area contributed by atoms with Gasteiger partial charge >= 0.3 is 0 Å². The van der Waals surface area contributed by atoms with E-state index in [1.165, 1.54) is 6.07 Å². The molecule has 126 valence electrons. The molecule has 1 fully saturated rings. The third-order valence-corrected chi connectivity index (χ3v) is 4.09. The van der Waals surface area contributed by atoms with E-state index in [-0.39, 0.29) is 24.2 Å². The number of aromatic nitrogens is 1. The summed E-state index contributed by atoms with van der Waals surface area (Å²) in [5.41, 5.74) is 0.731. The lowest BCUT2D eigenvalue weighted by Crippen LogP contribution is -2.57. The highest BCUT2D eigenvalue weighted by molar-refractivity contribution is 5.78. The van der Waals surface area contributed by atoms with Crippen LogP contribution in [0.2, 0.25) is 0 Å². The molecular formula is C18H20N2O4. The normalized spacial score (nSPS) is 14.2. The zero-order valence-corrected chi connectivity index (χ0v) is 13.8. The Morgan fingerprint density at radius 2 is 1.88 bits per heavy atom. The highest BCUT2D eigenvalue weighted by atomic mass is 16.5. The number of aryl methyl sites for hydroxylation is 1. The molecule has 2 aromatic rings. The molecule has 1 aliphatic rings. The van der Waals surface area contributed by atoms with Gasteiger partial charge < -0.3 is 18.9 Å². The minimum Gasteiger partial charge on any atom is -0.486 e. The summed E-state index contributed by atoms with van der Waals surface area (Å²) in [5.74, 6) is 1.15. The molecule has 3 rings (SSSR count). The first kappa shape index (κ1) is 16.1. The number of para-hydroxylation sites is 1. The quantitative estimate of drug-likeness (QED) is 0.831. The SMILES string of the molecule is Cc1cc(OC2CN(C(=O)COc3ccccc3)C2)cc(=O)n1C. The Labute approximate surface area is 140 Å². The summed E-state index contributed by atoms with van der Waals surface area (Å²) in [6.07, 6.45) is -0.0859. The molecule has 1 aliphatic heterocycles. The van der Waals surface area contributed by atoms with E-state index < -0.39 is 0 Å². The molecule has 1 amide bonds. The molecule has 1 aromatic carbocycles. The molecule has 0 saturated carbocycles. The second kappa shape index (κ2) is 6.78. The van der Waals surface area contributed by atoms with Crippen molar-refractivity contribution >= 4 is 5.91 Å². The number of carbonyl (C=O) groups is 1. The molecule has 24 heavy (non-hydrogen) atoms. The first-order valence-corrected chi connectivity index (χ1v) is 7.83. The van der Waals surface area contributed by atoms with E-state index in [1.54, 1.807) is 16.5 Å². The Balaban J connectivity index is 1.47. The van der Waals surface area contributed by atoms with Crippen molar-refractivity contribution in [1.82, 2.24) is 9.47 Å². The maximum absolute atomic E-state index is 12.0. The van der Waals surface area contributed by atoms with Gasteiger partial charge in [-0.2, -0.15) is 0 Å². The van der Waals surface area contributed by atoms with Gasteiger partial charge in [-0.25, -0.2) is 0 Å². The third-order valence-electron chi connectivity index (χ3n) is 4.09. The van der Waals surface area contributed by atoms with Crippen LogP contribution >= 0.6 is 0 Å². The van der Waals surface area contributed by atoms with Crippen molar-refractivity contribution in [3.05, 3.63) is 58.5 Å². The molecule has 0 aliphatic carbocycles. The molecule has 2 heterocycles. The van der Waals surface area contributed by atoms with E-state index in [2.05, 4.69) is 0 Å². The van der Waals surface area contributed by atoms with Crippen molar-refractivity contribution < 1.29 is 14.3 Å². The number of pyridine rings is 1. The van der Waals surface area contributed by atoms with Crippen molar-refractivity contribution in [3.63, 3.8) is 0 Å². The zero-order valence-electron chi connectivity index (χ0n) is 13.8. The van der Waals surface area contributed by atoms with E-state index in [1.807, 2.05) is 43.3 Å². The summed E-state index contributed by atoms with van der Waals surface area (Å²) in [6, 6.07) is 12.5. The average Bonchev–Trinajstić information content (AvgIpc) is 2.54. The van der Waals surface area contributed by atoms with Crippen LogP contribution in [-0.4, -0.2) is 41.2 Å². The number of ether oxygens (including phenoxy) is 2. The molecule has 0 bridgehead atoms. The van der Waals surface area contributed by atoms with Gasteiger partial charge in [0, 0.05) is 18.8 Å². The van der Waals surface area contributed by atoms with E-state index in [0.717, 1.165) is 5.69 Å². The smallest absolute Gasteiger partial charge is 0.260 e. The van der Waals surface area contributed by atoms with Crippen molar-refractivity contribution in [1.29, 1.82) is 0 Å². The van der Waals surface area contributed by atoms with Crippen LogP contribution in [0.5, 0.6) is 11.5 Å². The molecule has 0 spiro atoms. The van der Waals surface area contributed by atoms with Gasteiger partial charge in [0.15, 0.2) is 6.61 Å². The lowest BCUT2D eigenvalue weighted by atomic mass is 10.1. The molecule has 1 saturated heterocycles. The lowest BCUT2D eigenvalue weighted by Gasteiger charge is -2.38. The van der Waals surface area contributed by atoms with Gasteiger partial charge in [0.05, 0.1) is 13.1 Å². The van der Waals surface area contributed by atoms with Crippen molar-refractivity contribution in [2.24, 2.45) is 7.05 Å². The Hall–Kier alpha value is -2.76. The number of rotatable bonds is 5. The van der Waals surface area contributed by atoms with Crippen LogP contribution in [0.25, 0.3) is 0 Å². The molecule has 0 radical (unpaired) electrons. The van der Waals surface area contributed by atoms with Gasteiger partial charge in [0.25, 0.3) is 11.5 Å². The first-order chi connectivity index (χ1) is 11.5. The van der Waals surface area contributed by atoms with Gasteiger partial charge in [-0.1, -0.05) is 18.2 Å². The predicted octanol–water partition coefficient (Wildman–Crippen LogP) is 1.36. The summed E-state index contributed by atoms with van der Waals surface area (Å²) in [7, 11) is 1.72. The summed E-state index contributed by atoms with van der Waals surface area (Å²) >= 11 is 0. The van der Waals surface area contributed by atoms with Crippen LogP contribution in [0.3, 0.4) is 0 Å². The number of hydrogen-bond donors (Lipinski definition) is 0. The van der Waals surface area contributed by atoms with E-state index in [0.29, 0.717) is 24.6 Å². The van der Waals surface area contributed by atoms with Crippen molar-refractivity contribution in [2.45, 2.75) is 13.0 Å². The highest BCUT2D eigenvalue weighted by Crippen LogP contribution is 2.18. The Morgan fingerprint density at radius 3 is 2.54 bits per heavy atom. The molecule has 1 aromatic heterocycles. The van der Waals surface area contributed by atoms with E-state index in [9.17, 15) is 9.59 Å². The monoisotopic (exact) mass is 328 g/mol. The van der Waals surface area contributed by atoms with Crippen molar-refractivity contribution in [2.75, 3.05) is 19.7 Å². The number of carbonyl (C=O) groups excluding carboxylic acids is 1. The van der Waals surface area contributed by atoms with Crippen LogP contribution < -0.4 is 15.0 Å². The number of benzene rings is 1. The van der Waals surface area contributed by atoms with Gasteiger partial charge in [-0.05, 0) is 25.1 Å². The second-order valence-corrected chi connectivity index (χ2v) is 5.87. The Morgan fingerprint density at radius 1 is 1.17 bits per heavy atom. The Kier molecular flexibility index (Phi) is 4.55. The largest absolute Gasteiger partial charge is 0.486 e. The zero-order chi connectivity index (χ0) is 17.1. The molecule has 6 heteroatoms. The van der Waals surface area contributed by atoms with Gasteiger partial charge in [-0.15, -0.1) is 0 Å². The van der Waals surface area contributed by atoms with Crippen LogP contribution in [0.15, 0.2) is 47.3 Å². The van der Waals surface area contributed by atoms with Crippen LogP contribution in [0, 0.1) is 6.92 Å². The fourth-order valence-corrected chi connectivity index (χ4v) is 2.47. The lowest BCUT2D eigenvalue weighted by molar-refractivity contribution is -0.142. The maximum atomic E-state index is 12.0. The van der Waals surface area contributed by atoms with Crippen molar-refractivity contribution in [3.8, 4) is 11.5 Å². The van der Waals surface area contributed by atoms with E-state index in [4.69, 9.17) is 9.47 Å². The number of hydrogen-bond acceptors (Lipinski definition) is 4. The number of likely N-dealkylation sites (tertiary alicyclic amines) is 1. The fraction of sp³-hybridized carbons (Fsp3) is 0.333. The standard InChI is InChI=1S/C18H20N2O4/c1-13-8-15(9-17(21)19(13)2)24-16-10-20(11-16)18(22)12-23-14-6-4-3-5-7-14/h3-9,16H,10-12H2,1-2H3. The number of nitrogens with zero attached hydrogens (tertiary/aromatic N) is 2. The van der Waals surface area contributed by atoms with E-state index >= 15 is 0 Å². The minimum absolute atomic E-state index is 0.0156. The van der Waals surface area contributed by atoms with Crippen LogP contribution in [0.4, 0.5) is 0 Å². The predicted molar refractivity (Wildman–Crippen MR) is 89.4 cm³/mol. The average molecular weight is 328 g/mol. The third kappa shape index (κ3) is 3.59.